The number of halogens is 1. The minimum Gasteiger partial charge on any atom is -0.319 e. The molecule has 2 aromatic rings. The second-order valence-corrected chi connectivity index (χ2v) is 10.1. The second-order valence-electron chi connectivity index (χ2n) is 7.32. The lowest BCUT2D eigenvalue weighted by atomic mass is 9.92. The number of urea groups is 1. The Bertz CT molecular complexity index is 1150. The summed E-state index contributed by atoms with van der Waals surface area (Å²) in [5.74, 6) is -0.961. The Morgan fingerprint density at radius 3 is 2.29 bits per heavy atom. The molecular weight excluding hydrogens is 486 g/mol. The number of carbonyl (C=O) groups excluding carboxylic acids is 3. The van der Waals surface area contributed by atoms with Gasteiger partial charge in [0.05, 0.1) is 18.5 Å². The molecule has 1 N–H and O–H groups in total. The minimum atomic E-state index is -3.44. The molecule has 8 nitrogen and oxygen atoms in total. The average molecular weight is 508 g/mol. The van der Waals surface area contributed by atoms with Crippen LogP contribution in [0.3, 0.4) is 0 Å². The number of carbonyl (C=O) groups is 3. The van der Waals surface area contributed by atoms with Crippen LogP contribution in [0.25, 0.3) is 0 Å². The summed E-state index contributed by atoms with van der Waals surface area (Å²) >= 11 is 3.40. The van der Waals surface area contributed by atoms with Crippen molar-refractivity contribution in [1.82, 2.24) is 10.2 Å². The van der Waals surface area contributed by atoms with Gasteiger partial charge in [0, 0.05) is 22.1 Å². The van der Waals surface area contributed by atoms with Crippen molar-refractivity contribution in [3.63, 3.8) is 0 Å². The fourth-order valence-corrected chi connectivity index (χ4v) is 5.20. The third-order valence-electron chi connectivity index (χ3n) is 5.15. The number of nitrogens with one attached hydrogen (secondary N) is 1. The van der Waals surface area contributed by atoms with Gasteiger partial charge in [0.25, 0.3) is 5.91 Å². The van der Waals surface area contributed by atoms with E-state index in [0.717, 1.165) is 11.2 Å². The van der Waals surface area contributed by atoms with Crippen molar-refractivity contribution < 1.29 is 22.8 Å². The van der Waals surface area contributed by atoms with Crippen LogP contribution in [0.4, 0.5) is 10.5 Å². The van der Waals surface area contributed by atoms with Crippen LogP contribution >= 0.6 is 15.9 Å². The molecule has 0 bridgehead atoms. The van der Waals surface area contributed by atoms with Gasteiger partial charge >= 0.3 is 6.03 Å². The highest BCUT2D eigenvalue weighted by molar-refractivity contribution is 9.10. The van der Waals surface area contributed by atoms with Gasteiger partial charge in [-0.05, 0) is 44.2 Å². The topological polar surface area (TPSA) is 104 Å². The average Bonchev–Trinajstić information content (AvgIpc) is 2.92. The molecule has 1 fully saturated rings. The number of benzene rings is 2. The van der Waals surface area contributed by atoms with Crippen molar-refractivity contribution in [3.8, 4) is 0 Å². The summed E-state index contributed by atoms with van der Waals surface area (Å²) in [5, 5.41) is 2.67. The van der Waals surface area contributed by atoms with Crippen molar-refractivity contribution in [2.75, 3.05) is 23.7 Å². The normalized spacial score (nSPS) is 18.8. The monoisotopic (exact) mass is 507 g/mol. The number of ketones is 1. The molecule has 3 amide bonds. The van der Waals surface area contributed by atoms with E-state index < -0.39 is 39.8 Å². The first-order chi connectivity index (χ1) is 14.5. The minimum absolute atomic E-state index is 0.252. The molecule has 1 saturated heterocycles. The van der Waals surface area contributed by atoms with Crippen molar-refractivity contribution in [2.45, 2.75) is 19.4 Å². The third-order valence-corrected chi connectivity index (χ3v) is 7.12. The zero-order valence-electron chi connectivity index (χ0n) is 17.3. The Labute approximate surface area is 189 Å². The first kappa shape index (κ1) is 23.0. The molecule has 0 radical (unpaired) electrons. The van der Waals surface area contributed by atoms with E-state index in [4.69, 9.17) is 0 Å². The highest BCUT2D eigenvalue weighted by atomic mass is 79.9. The van der Waals surface area contributed by atoms with Crippen molar-refractivity contribution in [3.05, 3.63) is 64.1 Å². The standard InChI is InChI=1S/C21H22BrN3O5S/c1-4-25(31(3,29)30)15-11-9-14(10-12-15)18(26)13-24-19(27)21(2,23-20(24)28)16-7-5-6-8-17(16)22/h5-12H,4,13H2,1-3H3,(H,23,28)/t21-/m1/s1. The molecule has 0 aromatic heterocycles. The Kier molecular flexibility index (Phi) is 6.24. The summed E-state index contributed by atoms with van der Waals surface area (Å²) in [6, 6.07) is 12.4. The molecule has 3 rings (SSSR count). The molecule has 0 aliphatic carbocycles. The summed E-state index contributed by atoms with van der Waals surface area (Å²) in [7, 11) is -3.44. The predicted molar refractivity (Wildman–Crippen MR) is 120 cm³/mol. The van der Waals surface area contributed by atoms with E-state index in [1.807, 2.05) is 0 Å². The molecule has 1 aliphatic rings. The lowest BCUT2D eigenvalue weighted by Gasteiger charge is -2.23. The Balaban J connectivity index is 1.80. The van der Waals surface area contributed by atoms with Crippen LogP contribution in [-0.4, -0.2) is 50.4 Å². The zero-order valence-corrected chi connectivity index (χ0v) is 19.7. The molecule has 1 aliphatic heterocycles. The summed E-state index contributed by atoms with van der Waals surface area (Å²) in [6.07, 6.45) is 1.11. The number of anilines is 1. The number of amides is 3. The van der Waals surface area contributed by atoms with Crippen molar-refractivity contribution >= 4 is 49.4 Å². The van der Waals surface area contributed by atoms with Gasteiger partial charge in [-0.25, -0.2) is 13.2 Å². The molecule has 1 atom stereocenters. The number of sulfonamides is 1. The van der Waals surface area contributed by atoms with Gasteiger partial charge in [-0.3, -0.25) is 18.8 Å². The van der Waals surface area contributed by atoms with Crippen LogP contribution in [0.5, 0.6) is 0 Å². The van der Waals surface area contributed by atoms with E-state index in [1.165, 1.54) is 28.6 Å². The van der Waals surface area contributed by atoms with Crippen LogP contribution in [0.2, 0.25) is 0 Å². The first-order valence-corrected chi connectivity index (χ1v) is 12.1. The Morgan fingerprint density at radius 1 is 1.13 bits per heavy atom. The summed E-state index contributed by atoms with van der Waals surface area (Å²) in [5.41, 5.74) is -0.00663. The maximum Gasteiger partial charge on any atom is 0.325 e. The van der Waals surface area contributed by atoms with Crippen LogP contribution in [-0.2, 0) is 20.4 Å². The van der Waals surface area contributed by atoms with E-state index in [0.29, 0.717) is 15.7 Å². The maximum atomic E-state index is 13.0. The summed E-state index contributed by atoms with van der Waals surface area (Å²) in [6.45, 7) is 3.13. The number of hydrogen-bond donors (Lipinski definition) is 1. The van der Waals surface area contributed by atoms with Gasteiger partial charge in [0.15, 0.2) is 5.78 Å². The third kappa shape index (κ3) is 4.35. The van der Waals surface area contributed by atoms with E-state index in [1.54, 1.807) is 38.1 Å². The van der Waals surface area contributed by atoms with E-state index in [2.05, 4.69) is 21.2 Å². The van der Waals surface area contributed by atoms with Crippen LogP contribution < -0.4 is 9.62 Å². The second kappa shape index (κ2) is 8.43. The molecular formula is C21H22BrN3O5S. The van der Waals surface area contributed by atoms with E-state index in [-0.39, 0.29) is 12.1 Å². The molecule has 31 heavy (non-hydrogen) atoms. The van der Waals surface area contributed by atoms with Gasteiger partial charge in [0.1, 0.15) is 5.54 Å². The highest BCUT2D eigenvalue weighted by Gasteiger charge is 2.50. The number of nitrogens with zero attached hydrogens (tertiary/aromatic N) is 2. The maximum absolute atomic E-state index is 13.0. The smallest absolute Gasteiger partial charge is 0.319 e. The Hall–Kier alpha value is -2.72. The SMILES string of the molecule is CCN(c1ccc(C(=O)CN2C(=O)N[C@](C)(c3ccccc3Br)C2=O)cc1)S(C)(=O)=O. The number of Topliss-reactive ketones (excluding diaryl/α,β-unsaturated/α-hetero) is 1. The molecule has 1 heterocycles. The Morgan fingerprint density at radius 2 is 1.74 bits per heavy atom. The van der Waals surface area contributed by atoms with Gasteiger partial charge in [-0.2, -0.15) is 0 Å². The molecule has 10 heteroatoms. The summed E-state index contributed by atoms with van der Waals surface area (Å²) < 4.78 is 25.6. The molecule has 164 valence electrons. The lowest BCUT2D eigenvalue weighted by molar-refractivity contribution is -0.130. The van der Waals surface area contributed by atoms with Crippen LogP contribution in [0.1, 0.15) is 29.8 Å². The molecule has 0 spiro atoms. The van der Waals surface area contributed by atoms with Gasteiger partial charge in [0.2, 0.25) is 10.0 Å². The van der Waals surface area contributed by atoms with E-state index >= 15 is 0 Å². The predicted octanol–water partition coefficient (Wildman–Crippen LogP) is 2.88. The quantitative estimate of drug-likeness (QED) is 0.458. The largest absolute Gasteiger partial charge is 0.325 e. The molecule has 2 aromatic carbocycles. The van der Waals surface area contributed by atoms with Crippen molar-refractivity contribution in [2.24, 2.45) is 0 Å². The van der Waals surface area contributed by atoms with Gasteiger partial charge in [-0.15, -0.1) is 0 Å². The number of rotatable bonds is 7. The van der Waals surface area contributed by atoms with Crippen molar-refractivity contribution in [1.29, 1.82) is 0 Å². The molecule has 0 unspecified atom stereocenters. The van der Waals surface area contributed by atoms with E-state index in [9.17, 15) is 22.8 Å². The summed E-state index contributed by atoms with van der Waals surface area (Å²) in [4.78, 5) is 39.2. The van der Waals surface area contributed by atoms with Gasteiger partial charge in [-0.1, -0.05) is 34.1 Å². The number of imide groups is 1. The zero-order chi connectivity index (χ0) is 23.0. The van der Waals surface area contributed by atoms with Gasteiger partial charge < -0.3 is 5.32 Å². The number of hydrogen-bond acceptors (Lipinski definition) is 5. The van der Waals surface area contributed by atoms with Crippen LogP contribution in [0, 0.1) is 0 Å². The fraction of sp³-hybridized carbons (Fsp3) is 0.286. The highest BCUT2D eigenvalue weighted by Crippen LogP contribution is 2.33. The first-order valence-electron chi connectivity index (χ1n) is 9.49. The lowest BCUT2D eigenvalue weighted by Crippen LogP contribution is -2.41. The fourth-order valence-electron chi connectivity index (χ4n) is 3.55. The molecule has 0 saturated carbocycles. The van der Waals surface area contributed by atoms with Crippen LogP contribution in [0.15, 0.2) is 53.0 Å².